The summed E-state index contributed by atoms with van der Waals surface area (Å²) in [7, 11) is -7.54. The maximum Gasteiger partial charge on any atom is 0.241 e. The summed E-state index contributed by atoms with van der Waals surface area (Å²) in [6, 6.07) is 10.6. The number of aromatic nitrogens is 1. The van der Waals surface area contributed by atoms with Crippen LogP contribution in [-0.2, 0) is 32.7 Å². The smallest absolute Gasteiger partial charge is 0.241 e. The molecule has 1 aliphatic rings. The molecule has 2 aromatic carbocycles. The lowest BCUT2D eigenvalue weighted by molar-refractivity contribution is 0.577. The Balaban J connectivity index is 1.77. The average Bonchev–Trinajstić information content (AvgIpc) is 2.72. The fraction of sp³-hybridized carbons (Fsp3) is 0.261. The number of fused-ring (bicyclic) bond motifs is 2. The van der Waals surface area contributed by atoms with Crippen LogP contribution < -0.4 is 4.72 Å². The maximum atomic E-state index is 13.3. The summed E-state index contributed by atoms with van der Waals surface area (Å²) >= 11 is 0. The number of rotatable bonds is 5. The van der Waals surface area contributed by atoms with E-state index in [0.29, 0.717) is 45.6 Å². The van der Waals surface area contributed by atoms with Gasteiger partial charge in [-0.3, -0.25) is 4.98 Å². The molecule has 162 valence electrons. The molecule has 0 aliphatic carbocycles. The summed E-state index contributed by atoms with van der Waals surface area (Å²) < 4.78 is 55.8. The quantitative estimate of drug-likeness (QED) is 0.498. The highest BCUT2D eigenvalue weighted by molar-refractivity contribution is 7.91. The van der Waals surface area contributed by atoms with Gasteiger partial charge in [-0.25, -0.2) is 21.6 Å². The number of sulfone groups is 1. The van der Waals surface area contributed by atoms with Gasteiger partial charge in [0.25, 0.3) is 0 Å². The predicted octanol–water partition coefficient (Wildman–Crippen LogP) is 3.26. The average molecular weight is 457 g/mol. The molecule has 0 saturated heterocycles. The highest BCUT2D eigenvalue weighted by Gasteiger charge is 2.35. The van der Waals surface area contributed by atoms with E-state index in [1.165, 1.54) is 0 Å². The summed E-state index contributed by atoms with van der Waals surface area (Å²) in [5, 5.41) is 0. The van der Waals surface area contributed by atoms with Gasteiger partial charge in [0.1, 0.15) is 0 Å². The zero-order valence-electron chi connectivity index (χ0n) is 17.6. The zero-order chi connectivity index (χ0) is 22.4. The highest BCUT2D eigenvalue weighted by atomic mass is 32.2. The van der Waals surface area contributed by atoms with E-state index in [-0.39, 0.29) is 16.3 Å². The Morgan fingerprint density at radius 3 is 2.35 bits per heavy atom. The summed E-state index contributed by atoms with van der Waals surface area (Å²) in [6.07, 6.45) is 4.26. The fourth-order valence-corrected chi connectivity index (χ4v) is 7.97. The fourth-order valence-electron chi connectivity index (χ4n) is 4.30. The third kappa shape index (κ3) is 3.69. The lowest BCUT2D eigenvalue weighted by Crippen LogP contribution is -2.29. The second-order valence-electron chi connectivity index (χ2n) is 7.80. The van der Waals surface area contributed by atoms with E-state index in [2.05, 4.69) is 9.71 Å². The van der Waals surface area contributed by atoms with E-state index in [9.17, 15) is 16.8 Å². The Bertz CT molecular complexity index is 1380. The number of hydrogen-bond donors (Lipinski definition) is 1. The van der Waals surface area contributed by atoms with Gasteiger partial charge in [-0.05, 0) is 78.8 Å². The van der Waals surface area contributed by atoms with Crippen LogP contribution in [-0.4, -0.2) is 28.4 Å². The number of hydrogen-bond acceptors (Lipinski definition) is 5. The molecular weight excluding hydrogens is 432 g/mol. The van der Waals surface area contributed by atoms with Gasteiger partial charge in [-0.15, -0.1) is 0 Å². The minimum absolute atomic E-state index is 0.174. The lowest BCUT2D eigenvalue weighted by Gasteiger charge is -2.27. The van der Waals surface area contributed by atoms with Crippen molar-refractivity contribution in [1.82, 2.24) is 9.71 Å². The number of nitrogens with zero attached hydrogens (tertiary/aromatic N) is 1. The number of nitrogens with one attached hydrogen (secondary N) is 1. The van der Waals surface area contributed by atoms with Gasteiger partial charge in [0.2, 0.25) is 19.9 Å². The third-order valence-electron chi connectivity index (χ3n) is 5.93. The first-order valence-electron chi connectivity index (χ1n) is 9.99. The van der Waals surface area contributed by atoms with Crippen LogP contribution in [0.15, 0.2) is 63.5 Å². The molecule has 31 heavy (non-hydrogen) atoms. The molecule has 0 saturated carbocycles. The molecule has 0 spiro atoms. The van der Waals surface area contributed by atoms with Crippen molar-refractivity contribution in [1.29, 1.82) is 0 Å². The van der Waals surface area contributed by atoms with Gasteiger partial charge in [0.15, 0.2) is 0 Å². The van der Waals surface area contributed by atoms with Crippen molar-refractivity contribution in [2.75, 3.05) is 6.54 Å². The first-order chi connectivity index (χ1) is 14.6. The molecule has 6 nitrogen and oxygen atoms in total. The van der Waals surface area contributed by atoms with Crippen LogP contribution in [0.1, 0.15) is 33.4 Å². The second-order valence-corrected chi connectivity index (χ2v) is 11.4. The molecule has 1 aliphatic heterocycles. The van der Waals surface area contributed by atoms with Crippen LogP contribution >= 0.6 is 0 Å². The van der Waals surface area contributed by atoms with Crippen LogP contribution in [0.4, 0.5) is 0 Å². The third-order valence-corrected chi connectivity index (χ3v) is 9.73. The number of pyridine rings is 1. The molecule has 0 bridgehead atoms. The maximum absolute atomic E-state index is 13.3. The molecule has 0 amide bonds. The first-order valence-corrected chi connectivity index (χ1v) is 13.0. The summed E-state index contributed by atoms with van der Waals surface area (Å²) in [5.41, 5.74) is 3.69. The van der Waals surface area contributed by atoms with Crippen LogP contribution in [0.25, 0.3) is 0 Å². The van der Waals surface area contributed by atoms with Crippen molar-refractivity contribution < 1.29 is 16.8 Å². The summed E-state index contributed by atoms with van der Waals surface area (Å²) in [6.45, 7) is 5.31. The molecule has 0 atom stereocenters. The SMILES string of the molecule is Cc1c(C)c2c(c(C)c1S(=O)(=O)NCCc1ccncc1)Cc1ccccc1S2(=O)=O. The largest absolute Gasteiger partial charge is 0.265 e. The highest BCUT2D eigenvalue weighted by Crippen LogP contribution is 2.41. The first kappa shape index (κ1) is 21.7. The van der Waals surface area contributed by atoms with Crippen LogP contribution in [0, 0.1) is 20.8 Å². The van der Waals surface area contributed by atoms with Crippen molar-refractivity contribution in [2.24, 2.45) is 0 Å². The molecule has 4 rings (SSSR count). The van der Waals surface area contributed by atoms with E-state index in [1.807, 2.05) is 12.1 Å². The molecule has 0 fully saturated rings. The van der Waals surface area contributed by atoms with Gasteiger partial charge in [0, 0.05) is 25.4 Å². The van der Waals surface area contributed by atoms with Crippen LogP contribution in [0.5, 0.6) is 0 Å². The van der Waals surface area contributed by atoms with Crippen molar-refractivity contribution in [3.8, 4) is 0 Å². The van der Waals surface area contributed by atoms with Crippen LogP contribution in [0.3, 0.4) is 0 Å². The summed E-state index contributed by atoms with van der Waals surface area (Å²) in [4.78, 5) is 4.69. The molecule has 1 aromatic heterocycles. The van der Waals surface area contributed by atoms with Gasteiger partial charge in [0.05, 0.1) is 14.7 Å². The van der Waals surface area contributed by atoms with Crippen molar-refractivity contribution in [2.45, 2.75) is 48.3 Å². The molecule has 0 radical (unpaired) electrons. The van der Waals surface area contributed by atoms with Gasteiger partial charge in [-0.1, -0.05) is 18.2 Å². The van der Waals surface area contributed by atoms with Crippen molar-refractivity contribution >= 4 is 19.9 Å². The predicted molar refractivity (Wildman–Crippen MR) is 118 cm³/mol. The van der Waals surface area contributed by atoms with Crippen LogP contribution in [0.2, 0.25) is 0 Å². The molecule has 2 heterocycles. The van der Waals surface area contributed by atoms with E-state index < -0.39 is 19.9 Å². The van der Waals surface area contributed by atoms with Crippen molar-refractivity contribution in [3.63, 3.8) is 0 Å². The Morgan fingerprint density at radius 1 is 0.968 bits per heavy atom. The molecule has 0 unspecified atom stereocenters. The van der Waals surface area contributed by atoms with Crippen molar-refractivity contribution in [3.05, 3.63) is 82.2 Å². The minimum atomic E-state index is -3.82. The number of benzene rings is 2. The molecule has 1 N–H and O–H groups in total. The standard InChI is InChI=1S/C23H24N2O4S2/c1-15-16(2)23-20(14-19-6-4-5-7-21(19)30(23,26)27)17(3)22(15)31(28,29)25-13-10-18-8-11-24-12-9-18/h4-9,11-12,25H,10,13-14H2,1-3H3. The lowest BCUT2D eigenvalue weighted by atomic mass is 9.95. The van der Waals surface area contributed by atoms with E-state index in [1.54, 1.807) is 57.4 Å². The Morgan fingerprint density at radius 2 is 1.65 bits per heavy atom. The Labute approximate surface area is 183 Å². The minimum Gasteiger partial charge on any atom is -0.265 e. The number of sulfonamides is 1. The monoisotopic (exact) mass is 456 g/mol. The Hall–Kier alpha value is -2.55. The second kappa shape index (κ2) is 7.85. The normalized spacial score (nSPS) is 14.7. The Kier molecular flexibility index (Phi) is 5.49. The van der Waals surface area contributed by atoms with Gasteiger partial charge in [-0.2, -0.15) is 0 Å². The van der Waals surface area contributed by atoms with E-state index in [4.69, 9.17) is 0 Å². The van der Waals surface area contributed by atoms with E-state index in [0.717, 1.165) is 5.56 Å². The van der Waals surface area contributed by atoms with Gasteiger partial charge < -0.3 is 0 Å². The molecular formula is C23H24N2O4S2. The van der Waals surface area contributed by atoms with E-state index >= 15 is 0 Å². The zero-order valence-corrected chi connectivity index (χ0v) is 19.3. The molecule has 8 heteroatoms. The summed E-state index contributed by atoms with van der Waals surface area (Å²) in [5.74, 6) is 0. The topological polar surface area (TPSA) is 93.2 Å². The molecule has 3 aromatic rings. The van der Waals surface area contributed by atoms with Gasteiger partial charge >= 0.3 is 0 Å².